The number of nitrogens with one attached hydrogen (secondary N) is 2. The Morgan fingerprint density at radius 2 is 2.04 bits per heavy atom. The van der Waals surface area contributed by atoms with Crippen LogP contribution in [0.25, 0.3) is 11.1 Å². The van der Waals surface area contributed by atoms with Gasteiger partial charge >= 0.3 is 6.09 Å². The summed E-state index contributed by atoms with van der Waals surface area (Å²) in [6, 6.07) is 11.2. The fraction of sp³-hybridized carbons (Fsp3) is 0.211. The quantitative estimate of drug-likeness (QED) is 0.554. The molecule has 0 spiro atoms. The molecule has 2 aromatic rings. The minimum Gasteiger partial charge on any atom is -0.442 e. The van der Waals surface area contributed by atoms with E-state index >= 15 is 0 Å². The molecule has 4 N–H and O–H groups in total. The number of nitrogen functional groups attached to an aromatic ring is 1. The van der Waals surface area contributed by atoms with Crippen molar-refractivity contribution in [2.24, 2.45) is 5.73 Å². The Kier molecular flexibility index (Phi) is 5.07. The highest BCUT2D eigenvalue weighted by Gasteiger charge is 2.32. The Morgan fingerprint density at radius 1 is 1.33 bits per heavy atom. The number of nitrogens with zero attached hydrogens (tertiary/aromatic N) is 1. The summed E-state index contributed by atoms with van der Waals surface area (Å²) in [6.07, 6.45) is -1.06. The van der Waals surface area contributed by atoms with Crippen molar-refractivity contribution >= 4 is 23.5 Å². The Hall–Kier alpha value is -3.42. The van der Waals surface area contributed by atoms with Crippen LogP contribution in [0.3, 0.4) is 0 Å². The van der Waals surface area contributed by atoms with Crippen molar-refractivity contribution in [1.82, 2.24) is 5.32 Å². The summed E-state index contributed by atoms with van der Waals surface area (Å²) in [4.78, 5) is 24.3. The summed E-state index contributed by atoms with van der Waals surface area (Å²) in [5.74, 6) is -0.754. The maximum absolute atomic E-state index is 14.6. The topological polar surface area (TPSA) is 109 Å². The van der Waals surface area contributed by atoms with Crippen LogP contribution in [0.15, 0.2) is 42.5 Å². The van der Waals surface area contributed by atoms with Crippen LogP contribution in [0.4, 0.5) is 14.9 Å². The molecule has 0 aliphatic carbocycles. The number of carbonyl (C=O) groups is 2. The van der Waals surface area contributed by atoms with Gasteiger partial charge in [-0.05, 0) is 23.8 Å². The van der Waals surface area contributed by atoms with Gasteiger partial charge in [-0.1, -0.05) is 24.3 Å². The van der Waals surface area contributed by atoms with Gasteiger partial charge in [0.05, 0.1) is 18.8 Å². The molecule has 8 heteroatoms. The molecule has 1 aliphatic heterocycles. The molecule has 1 saturated heterocycles. The number of amidine groups is 1. The first-order valence-corrected chi connectivity index (χ1v) is 8.32. The molecule has 0 saturated carbocycles. The van der Waals surface area contributed by atoms with E-state index in [0.717, 1.165) is 0 Å². The summed E-state index contributed by atoms with van der Waals surface area (Å²) in [5.41, 5.74) is 7.37. The van der Waals surface area contributed by atoms with Crippen LogP contribution in [0.1, 0.15) is 12.5 Å². The lowest BCUT2D eigenvalue weighted by Gasteiger charge is -2.14. The smallest absolute Gasteiger partial charge is 0.414 e. The van der Waals surface area contributed by atoms with Crippen LogP contribution in [0.2, 0.25) is 0 Å². The van der Waals surface area contributed by atoms with Crippen LogP contribution in [-0.4, -0.2) is 37.0 Å². The van der Waals surface area contributed by atoms with Gasteiger partial charge in [0.25, 0.3) is 0 Å². The average molecular weight is 370 g/mol. The first-order chi connectivity index (χ1) is 12.8. The molecule has 0 radical (unpaired) electrons. The largest absolute Gasteiger partial charge is 0.442 e. The molecule has 1 fully saturated rings. The molecule has 0 unspecified atom stereocenters. The Labute approximate surface area is 155 Å². The number of halogens is 1. The Balaban J connectivity index is 1.77. The van der Waals surface area contributed by atoms with E-state index in [1.54, 1.807) is 36.4 Å². The predicted molar refractivity (Wildman–Crippen MR) is 99.2 cm³/mol. The Morgan fingerprint density at radius 3 is 2.63 bits per heavy atom. The second-order valence-corrected chi connectivity index (χ2v) is 6.21. The summed E-state index contributed by atoms with van der Waals surface area (Å²) >= 11 is 0. The first kappa shape index (κ1) is 18.4. The van der Waals surface area contributed by atoms with Crippen LogP contribution < -0.4 is 16.0 Å². The van der Waals surface area contributed by atoms with Gasteiger partial charge < -0.3 is 15.8 Å². The average Bonchev–Trinajstić information content (AvgIpc) is 3.01. The number of rotatable bonds is 5. The van der Waals surface area contributed by atoms with E-state index in [4.69, 9.17) is 15.9 Å². The first-order valence-electron chi connectivity index (χ1n) is 8.32. The molecule has 0 bridgehead atoms. The van der Waals surface area contributed by atoms with Crippen LogP contribution in [0, 0.1) is 11.2 Å². The zero-order chi connectivity index (χ0) is 19.6. The third-order valence-electron chi connectivity index (χ3n) is 4.22. The number of anilines is 1. The van der Waals surface area contributed by atoms with Crippen molar-refractivity contribution < 1.29 is 18.7 Å². The number of benzene rings is 2. The molecule has 3 rings (SSSR count). The van der Waals surface area contributed by atoms with Gasteiger partial charge in [0, 0.05) is 18.1 Å². The lowest BCUT2D eigenvalue weighted by atomic mass is 10.0. The van der Waals surface area contributed by atoms with Crippen molar-refractivity contribution in [2.45, 2.75) is 13.0 Å². The SMILES string of the molecule is CC(=O)NC[C@H]1CN(c2ccc(-c3ccc(C(=N)N)cc3)c(F)c2)C(=O)O1. The molecule has 2 aromatic carbocycles. The van der Waals surface area contributed by atoms with Crippen molar-refractivity contribution in [3.05, 3.63) is 53.8 Å². The van der Waals surface area contributed by atoms with E-state index in [0.29, 0.717) is 22.4 Å². The van der Waals surface area contributed by atoms with Crippen LogP contribution in [0.5, 0.6) is 0 Å². The molecule has 1 aliphatic rings. The molecule has 1 heterocycles. The van der Waals surface area contributed by atoms with Crippen molar-refractivity contribution in [2.75, 3.05) is 18.0 Å². The van der Waals surface area contributed by atoms with Crippen molar-refractivity contribution in [1.29, 1.82) is 5.41 Å². The third-order valence-corrected chi connectivity index (χ3v) is 4.22. The van der Waals surface area contributed by atoms with Gasteiger partial charge in [0.2, 0.25) is 5.91 Å². The molecule has 0 aromatic heterocycles. The highest BCUT2D eigenvalue weighted by Crippen LogP contribution is 2.29. The van der Waals surface area contributed by atoms with Gasteiger partial charge in [0.15, 0.2) is 0 Å². The fourth-order valence-electron chi connectivity index (χ4n) is 2.83. The molecule has 7 nitrogen and oxygen atoms in total. The second kappa shape index (κ2) is 7.45. The highest BCUT2D eigenvalue weighted by molar-refractivity contribution is 5.95. The van der Waals surface area contributed by atoms with E-state index in [1.165, 1.54) is 17.9 Å². The third kappa shape index (κ3) is 4.05. The minimum absolute atomic E-state index is 0.0567. The number of ether oxygens (including phenoxy) is 1. The normalized spacial score (nSPS) is 16.1. The molecule has 1 atom stereocenters. The van der Waals surface area contributed by atoms with Gasteiger partial charge in [-0.15, -0.1) is 0 Å². The standard InChI is InChI=1S/C19H19FN4O3/c1-11(25)23-9-15-10-24(19(26)27-15)14-6-7-16(17(20)8-14)12-2-4-13(5-3-12)18(21)22/h2-8,15H,9-10H2,1H3,(H3,21,22)(H,23,25)/t15-/m0/s1. The zero-order valence-corrected chi connectivity index (χ0v) is 14.7. The van der Waals surface area contributed by atoms with E-state index < -0.39 is 18.0 Å². The molecule has 140 valence electrons. The minimum atomic E-state index is -0.580. The number of hydrogen-bond acceptors (Lipinski definition) is 4. The maximum Gasteiger partial charge on any atom is 0.414 e. The maximum atomic E-state index is 14.6. The van der Waals surface area contributed by atoms with Gasteiger partial charge in [-0.2, -0.15) is 0 Å². The Bertz CT molecular complexity index is 898. The monoisotopic (exact) mass is 370 g/mol. The van der Waals surface area contributed by atoms with Gasteiger partial charge in [0.1, 0.15) is 17.8 Å². The highest BCUT2D eigenvalue weighted by atomic mass is 19.1. The number of nitrogens with two attached hydrogens (primary N) is 1. The van der Waals surface area contributed by atoms with E-state index in [9.17, 15) is 14.0 Å². The molecular formula is C19H19FN4O3. The van der Waals surface area contributed by atoms with Gasteiger partial charge in [-0.3, -0.25) is 15.1 Å². The summed E-state index contributed by atoms with van der Waals surface area (Å²) in [6.45, 7) is 1.82. The van der Waals surface area contributed by atoms with E-state index in [1.807, 2.05) is 0 Å². The molecular weight excluding hydrogens is 351 g/mol. The van der Waals surface area contributed by atoms with Gasteiger partial charge in [-0.25, -0.2) is 9.18 Å². The molecule has 2 amide bonds. The lowest BCUT2D eigenvalue weighted by molar-refractivity contribution is -0.119. The summed E-state index contributed by atoms with van der Waals surface area (Å²) in [7, 11) is 0. The van der Waals surface area contributed by atoms with Crippen molar-refractivity contribution in [3.8, 4) is 11.1 Å². The number of cyclic esters (lactones) is 1. The summed E-state index contributed by atoms with van der Waals surface area (Å²) in [5, 5.41) is 9.99. The predicted octanol–water partition coefficient (Wildman–Crippen LogP) is 2.24. The van der Waals surface area contributed by atoms with Crippen LogP contribution in [-0.2, 0) is 9.53 Å². The molecule has 27 heavy (non-hydrogen) atoms. The number of carbonyl (C=O) groups excluding carboxylic acids is 2. The lowest BCUT2D eigenvalue weighted by Crippen LogP contribution is -2.33. The fourth-order valence-corrected chi connectivity index (χ4v) is 2.83. The number of amides is 2. The van der Waals surface area contributed by atoms with Crippen LogP contribution >= 0.6 is 0 Å². The second-order valence-electron chi connectivity index (χ2n) is 6.21. The number of hydrogen-bond donors (Lipinski definition) is 3. The van der Waals surface area contributed by atoms with Crippen molar-refractivity contribution in [3.63, 3.8) is 0 Å². The van der Waals surface area contributed by atoms with E-state index in [2.05, 4.69) is 5.32 Å². The van der Waals surface area contributed by atoms with E-state index in [-0.39, 0.29) is 24.8 Å². The summed E-state index contributed by atoms with van der Waals surface area (Å²) < 4.78 is 19.8. The zero-order valence-electron chi connectivity index (χ0n) is 14.7.